The van der Waals surface area contributed by atoms with Crippen LogP contribution >= 0.6 is 11.8 Å². The van der Waals surface area contributed by atoms with E-state index in [1.54, 1.807) is 43.5 Å². The first kappa shape index (κ1) is 23.0. The largest absolute Gasteiger partial charge is 0.497 e. The van der Waals surface area contributed by atoms with Gasteiger partial charge in [-0.3, -0.25) is 9.59 Å². The minimum Gasteiger partial charge on any atom is -0.497 e. The molecule has 166 valence electrons. The molecule has 3 aromatic rings. The molecule has 0 saturated carbocycles. The SMILES string of the molecule is COc1cccc(NC(=O)CSc2cccc(NC(=O)c3ccc(OC)c(OC)c3)c2)c1. The second-order valence-corrected chi connectivity index (χ2v) is 7.67. The number of ether oxygens (including phenoxy) is 3. The molecule has 32 heavy (non-hydrogen) atoms. The summed E-state index contributed by atoms with van der Waals surface area (Å²) >= 11 is 1.37. The quantitative estimate of drug-likeness (QED) is 0.458. The third-order valence-corrected chi connectivity index (χ3v) is 5.45. The molecule has 0 aliphatic rings. The van der Waals surface area contributed by atoms with Gasteiger partial charge in [-0.05, 0) is 48.5 Å². The zero-order chi connectivity index (χ0) is 22.9. The number of hydrogen-bond donors (Lipinski definition) is 2. The molecule has 0 atom stereocenters. The molecule has 8 heteroatoms. The van der Waals surface area contributed by atoms with Crippen LogP contribution in [-0.2, 0) is 4.79 Å². The molecule has 2 amide bonds. The molecular formula is C24H24N2O5S. The van der Waals surface area contributed by atoms with E-state index >= 15 is 0 Å². The van der Waals surface area contributed by atoms with Crippen molar-refractivity contribution < 1.29 is 23.8 Å². The lowest BCUT2D eigenvalue weighted by Crippen LogP contribution is -2.14. The Labute approximate surface area is 191 Å². The van der Waals surface area contributed by atoms with Gasteiger partial charge >= 0.3 is 0 Å². The van der Waals surface area contributed by atoms with E-state index in [-0.39, 0.29) is 17.6 Å². The van der Waals surface area contributed by atoms with Crippen molar-refractivity contribution in [2.45, 2.75) is 4.90 Å². The van der Waals surface area contributed by atoms with Crippen LogP contribution in [0.5, 0.6) is 17.2 Å². The minimum absolute atomic E-state index is 0.136. The Balaban J connectivity index is 1.59. The molecule has 0 heterocycles. The van der Waals surface area contributed by atoms with Gasteiger partial charge in [0.1, 0.15) is 5.75 Å². The van der Waals surface area contributed by atoms with Crippen LogP contribution in [0.3, 0.4) is 0 Å². The number of amides is 2. The number of anilines is 2. The summed E-state index contributed by atoms with van der Waals surface area (Å²) in [6.07, 6.45) is 0. The molecule has 0 saturated heterocycles. The van der Waals surface area contributed by atoms with Crippen molar-refractivity contribution in [3.63, 3.8) is 0 Å². The van der Waals surface area contributed by atoms with Crippen molar-refractivity contribution in [3.8, 4) is 17.2 Å². The second-order valence-electron chi connectivity index (χ2n) is 6.62. The minimum atomic E-state index is -0.274. The Morgan fingerprint density at radius 2 is 1.50 bits per heavy atom. The molecule has 3 aromatic carbocycles. The summed E-state index contributed by atoms with van der Waals surface area (Å²) in [5.74, 6) is 1.52. The predicted octanol–water partition coefficient (Wildman–Crippen LogP) is 4.70. The zero-order valence-corrected chi connectivity index (χ0v) is 18.8. The zero-order valence-electron chi connectivity index (χ0n) is 18.0. The van der Waals surface area contributed by atoms with Crippen LogP contribution in [0.1, 0.15) is 10.4 Å². The highest BCUT2D eigenvalue weighted by Gasteiger charge is 2.12. The number of carbonyl (C=O) groups excluding carboxylic acids is 2. The van der Waals surface area contributed by atoms with Gasteiger partial charge in [-0.2, -0.15) is 0 Å². The van der Waals surface area contributed by atoms with Gasteiger partial charge in [0.15, 0.2) is 11.5 Å². The van der Waals surface area contributed by atoms with Gasteiger partial charge in [-0.1, -0.05) is 12.1 Å². The van der Waals surface area contributed by atoms with E-state index in [9.17, 15) is 9.59 Å². The average molecular weight is 453 g/mol. The van der Waals surface area contributed by atoms with Crippen LogP contribution in [0.15, 0.2) is 71.6 Å². The van der Waals surface area contributed by atoms with Gasteiger partial charge in [-0.25, -0.2) is 0 Å². The molecule has 0 aliphatic heterocycles. The van der Waals surface area contributed by atoms with E-state index in [4.69, 9.17) is 14.2 Å². The number of hydrogen-bond acceptors (Lipinski definition) is 6. The average Bonchev–Trinajstić information content (AvgIpc) is 2.82. The van der Waals surface area contributed by atoms with Gasteiger partial charge in [0.25, 0.3) is 5.91 Å². The van der Waals surface area contributed by atoms with Crippen LogP contribution in [0, 0.1) is 0 Å². The van der Waals surface area contributed by atoms with Crippen LogP contribution in [-0.4, -0.2) is 38.9 Å². The summed E-state index contributed by atoms with van der Waals surface area (Å²) in [6.45, 7) is 0. The molecule has 7 nitrogen and oxygen atoms in total. The van der Waals surface area contributed by atoms with E-state index in [1.165, 1.54) is 26.0 Å². The van der Waals surface area contributed by atoms with Gasteiger partial charge in [0, 0.05) is 27.9 Å². The Kier molecular flexibility index (Phi) is 7.99. The summed E-state index contributed by atoms with van der Waals surface area (Å²) in [6, 6.07) is 19.5. The molecular weight excluding hydrogens is 428 g/mol. The van der Waals surface area contributed by atoms with Crippen molar-refractivity contribution in [1.29, 1.82) is 0 Å². The van der Waals surface area contributed by atoms with E-state index in [2.05, 4.69) is 10.6 Å². The number of nitrogens with one attached hydrogen (secondary N) is 2. The lowest BCUT2D eigenvalue weighted by atomic mass is 10.2. The van der Waals surface area contributed by atoms with Crippen LogP contribution in [0.2, 0.25) is 0 Å². The van der Waals surface area contributed by atoms with E-state index < -0.39 is 0 Å². The Bertz CT molecular complexity index is 1100. The van der Waals surface area contributed by atoms with Gasteiger partial charge in [0.2, 0.25) is 5.91 Å². The van der Waals surface area contributed by atoms with Gasteiger partial charge < -0.3 is 24.8 Å². The second kappa shape index (κ2) is 11.1. The van der Waals surface area contributed by atoms with Crippen molar-refractivity contribution in [2.75, 3.05) is 37.7 Å². The molecule has 2 N–H and O–H groups in total. The van der Waals surface area contributed by atoms with Gasteiger partial charge in [0.05, 0.1) is 27.1 Å². The topological polar surface area (TPSA) is 85.9 Å². The van der Waals surface area contributed by atoms with Crippen molar-refractivity contribution in [1.82, 2.24) is 0 Å². The number of rotatable bonds is 9. The number of benzene rings is 3. The van der Waals surface area contributed by atoms with Crippen molar-refractivity contribution in [3.05, 3.63) is 72.3 Å². The number of methoxy groups -OCH3 is 3. The number of carbonyl (C=O) groups is 2. The van der Waals surface area contributed by atoms with Crippen LogP contribution in [0.4, 0.5) is 11.4 Å². The fourth-order valence-electron chi connectivity index (χ4n) is 2.89. The molecule has 0 fully saturated rings. The first-order valence-corrected chi connectivity index (χ1v) is 10.7. The van der Waals surface area contributed by atoms with Crippen LogP contribution < -0.4 is 24.8 Å². The standard InChI is InChI=1S/C24H24N2O5S/c1-29-19-8-4-6-17(13-19)25-23(27)15-32-20-9-5-7-18(14-20)26-24(28)16-10-11-21(30-2)22(12-16)31-3/h4-14H,15H2,1-3H3,(H,25,27)(H,26,28). The van der Waals surface area contributed by atoms with E-state index in [0.29, 0.717) is 34.2 Å². The molecule has 0 radical (unpaired) electrons. The molecule has 3 rings (SSSR count). The van der Waals surface area contributed by atoms with Crippen LogP contribution in [0.25, 0.3) is 0 Å². The molecule has 0 aliphatic carbocycles. The maximum Gasteiger partial charge on any atom is 0.255 e. The Morgan fingerprint density at radius 1 is 0.781 bits per heavy atom. The maximum atomic E-state index is 12.6. The smallest absolute Gasteiger partial charge is 0.255 e. The summed E-state index contributed by atoms with van der Waals surface area (Å²) in [7, 11) is 4.64. The maximum absolute atomic E-state index is 12.6. The van der Waals surface area contributed by atoms with E-state index in [0.717, 1.165) is 4.90 Å². The molecule has 0 bridgehead atoms. The third kappa shape index (κ3) is 6.18. The summed E-state index contributed by atoms with van der Waals surface area (Å²) < 4.78 is 15.6. The summed E-state index contributed by atoms with van der Waals surface area (Å²) in [5.41, 5.74) is 1.74. The van der Waals surface area contributed by atoms with Crippen molar-refractivity contribution >= 4 is 35.0 Å². The fourth-order valence-corrected chi connectivity index (χ4v) is 3.65. The lowest BCUT2D eigenvalue weighted by Gasteiger charge is -2.11. The first-order valence-electron chi connectivity index (χ1n) is 9.72. The summed E-state index contributed by atoms with van der Waals surface area (Å²) in [5, 5.41) is 5.71. The lowest BCUT2D eigenvalue weighted by molar-refractivity contribution is -0.113. The normalized spacial score (nSPS) is 10.2. The van der Waals surface area contributed by atoms with E-state index in [1.807, 2.05) is 30.3 Å². The molecule has 0 aromatic heterocycles. The fraction of sp³-hybridized carbons (Fsp3) is 0.167. The Morgan fingerprint density at radius 3 is 2.22 bits per heavy atom. The highest BCUT2D eigenvalue weighted by molar-refractivity contribution is 8.00. The third-order valence-electron chi connectivity index (χ3n) is 4.46. The van der Waals surface area contributed by atoms with Gasteiger partial charge in [-0.15, -0.1) is 11.8 Å². The monoisotopic (exact) mass is 452 g/mol. The molecule has 0 unspecified atom stereocenters. The predicted molar refractivity (Wildman–Crippen MR) is 126 cm³/mol. The first-order chi connectivity index (χ1) is 15.5. The molecule has 0 spiro atoms. The summed E-state index contributed by atoms with van der Waals surface area (Å²) in [4.78, 5) is 25.8. The Hall–Kier alpha value is -3.65. The highest BCUT2D eigenvalue weighted by Crippen LogP contribution is 2.28. The number of thioether (sulfide) groups is 1. The van der Waals surface area contributed by atoms with Crippen molar-refractivity contribution in [2.24, 2.45) is 0 Å². The highest BCUT2D eigenvalue weighted by atomic mass is 32.2.